The molecular formula is C6H10O4S. The van der Waals surface area contributed by atoms with E-state index in [0.29, 0.717) is 12.8 Å². The van der Waals surface area contributed by atoms with Gasteiger partial charge in [0.1, 0.15) is 0 Å². The molecular weight excluding hydrogens is 168 g/mol. The summed E-state index contributed by atoms with van der Waals surface area (Å²) in [6, 6.07) is 0. The first-order chi connectivity index (χ1) is 5.21. The molecule has 0 aromatic carbocycles. The molecule has 1 aliphatic carbocycles. The monoisotopic (exact) mass is 178 g/mol. The van der Waals surface area contributed by atoms with E-state index < -0.39 is 16.0 Å². The molecule has 1 N–H and O–H groups in total. The molecule has 0 aliphatic heterocycles. The molecule has 1 atom stereocenters. The van der Waals surface area contributed by atoms with Crippen LogP contribution in [0.25, 0.3) is 0 Å². The van der Waals surface area contributed by atoms with Gasteiger partial charge in [-0.15, -0.1) is 0 Å². The highest BCUT2D eigenvalue weighted by Crippen LogP contribution is 2.34. The summed E-state index contributed by atoms with van der Waals surface area (Å²) in [6.07, 6.45) is 2.68. The minimum absolute atomic E-state index is 0.249. The van der Waals surface area contributed by atoms with E-state index in [2.05, 4.69) is 4.74 Å². The summed E-state index contributed by atoms with van der Waals surface area (Å²) in [5.41, 5.74) is 0. The third kappa shape index (κ3) is 1.59. The van der Waals surface area contributed by atoms with Crippen LogP contribution in [0.3, 0.4) is 0 Å². The van der Waals surface area contributed by atoms with Crippen LogP contribution in [0, 0.1) is 0 Å². The fourth-order valence-electron chi connectivity index (χ4n) is 1.33. The number of carbonyl (C=O) groups excluding carboxylic acids is 1. The predicted octanol–water partition coefficient (Wildman–Crippen LogP) is 0.651. The van der Waals surface area contributed by atoms with Gasteiger partial charge in [0.15, 0.2) is 11.1 Å². The average Bonchev–Trinajstić information content (AvgIpc) is 2.38. The normalized spacial score (nSPS) is 24.5. The van der Waals surface area contributed by atoms with Gasteiger partial charge in [0.25, 0.3) is 6.47 Å². The molecule has 1 unspecified atom stereocenters. The van der Waals surface area contributed by atoms with Crippen LogP contribution < -0.4 is 0 Å². The molecule has 0 spiro atoms. The molecule has 11 heavy (non-hydrogen) atoms. The standard InChI is InChI=1S/C6H10O4S/c7-5-10-6(11(8)9)3-1-2-4-6/h5H,1-4H2,(H,8,9). The van der Waals surface area contributed by atoms with Crippen molar-refractivity contribution in [2.75, 3.05) is 0 Å². The van der Waals surface area contributed by atoms with Crippen molar-refractivity contribution in [3.63, 3.8) is 0 Å². The molecule has 1 aliphatic rings. The Bertz CT molecular complexity index is 173. The number of hydrogen-bond donors (Lipinski definition) is 1. The zero-order valence-corrected chi connectivity index (χ0v) is 6.80. The van der Waals surface area contributed by atoms with Crippen molar-refractivity contribution in [3.05, 3.63) is 0 Å². The summed E-state index contributed by atoms with van der Waals surface area (Å²) < 4.78 is 24.2. The first kappa shape index (κ1) is 8.67. The molecule has 1 rings (SSSR count). The van der Waals surface area contributed by atoms with Crippen molar-refractivity contribution in [1.82, 2.24) is 0 Å². The predicted molar refractivity (Wildman–Crippen MR) is 39.1 cm³/mol. The lowest BCUT2D eigenvalue weighted by atomic mass is 10.3. The Morgan fingerprint density at radius 3 is 2.36 bits per heavy atom. The van der Waals surface area contributed by atoms with Gasteiger partial charge in [-0.25, -0.2) is 4.21 Å². The van der Waals surface area contributed by atoms with Crippen LogP contribution in [0.1, 0.15) is 25.7 Å². The quantitative estimate of drug-likeness (QED) is 0.509. The van der Waals surface area contributed by atoms with Crippen LogP contribution in [0.15, 0.2) is 0 Å². The maximum absolute atomic E-state index is 10.7. The van der Waals surface area contributed by atoms with Gasteiger partial charge >= 0.3 is 0 Å². The highest BCUT2D eigenvalue weighted by atomic mass is 32.2. The van der Waals surface area contributed by atoms with Crippen molar-refractivity contribution in [2.24, 2.45) is 0 Å². The summed E-state index contributed by atoms with van der Waals surface area (Å²) in [6.45, 7) is 0.249. The maximum atomic E-state index is 10.7. The topological polar surface area (TPSA) is 63.6 Å². The number of ether oxygens (including phenoxy) is 1. The smallest absolute Gasteiger partial charge is 0.294 e. The SMILES string of the molecule is O=COC1(S(=O)O)CCCC1. The van der Waals surface area contributed by atoms with Crippen LogP contribution in [-0.4, -0.2) is 20.2 Å². The second-order valence-corrected chi connectivity index (χ2v) is 3.82. The van der Waals surface area contributed by atoms with E-state index in [4.69, 9.17) is 4.55 Å². The summed E-state index contributed by atoms with van der Waals surface area (Å²) >= 11 is -2.05. The summed E-state index contributed by atoms with van der Waals surface area (Å²) in [7, 11) is 0. The van der Waals surface area contributed by atoms with Crippen molar-refractivity contribution < 1.29 is 18.3 Å². The van der Waals surface area contributed by atoms with Crippen molar-refractivity contribution in [2.45, 2.75) is 30.6 Å². The molecule has 1 saturated carbocycles. The van der Waals surface area contributed by atoms with Crippen molar-refractivity contribution in [1.29, 1.82) is 0 Å². The Morgan fingerprint density at radius 2 is 2.00 bits per heavy atom. The molecule has 0 saturated heterocycles. The second kappa shape index (κ2) is 3.32. The van der Waals surface area contributed by atoms with Gasteiger partial charge in [-0.3, -0.25) is 4.79 Å². The van der Waals surface area contributed by atoms with Crippen LogP contribution in [0.4, 0.5) is 0 Å². The van der Waals surface area contributed by atoms with Gasteiger partial charge < -0.3 is 9.29 Å². The molecule has 64 valence electrons. The van der Waals surface area contributed by atoms with E-state index in [1.54, 1.807) is 0 Å². The van der Waals surface area contributed by atoms with Gasteiger partial charge in [0.05, 0.1) is 0 Å². The Hall–Kier alpha value is -0.420. The zero-order chi connectivity index (χ0) is 8.32. The Labute approximate surface area is 67.2 Å². The maximum Gasteiger partial charge on any atom is 0.294 e. The van der Waals surface area contributed by atoms with E-state index in [1.807, 2.05) is 0 Å². The summed E-state index contributed by atoms with van der Waals surface area (Å²) in [4.78, 5) is 8.91. The Kier molecular flexibility index (Phi) is 2.62. The summed E-state index contributed by atoms with van der Waals surface area (Å²) in [5, 5.41) is 0. The molecule has 0 radical (unpaired) electrons. The van der Waals surface area contributed by atoms with Crippen LogP contribution in [0.2, 0.25) is 0 Å². The fraction of sp³-hybridized carbons (Fsp3) is 0.833. The lowest BCUT2D eigenvalue weighted by Crippen LogP contribution is -2.33. The van der Waals surface area contributed by atoms with E-state index >= 15 is 0 Å². The summed E-state index contributed by atoms with van der Waals surface area (Å²) in [5.74, 6) is 0. The van der Waals surface area contributed by atoms with Gasteiger partial charge in [0, 0.05) is 12.8 Å². The van der Waals surface area contributed by atoms with E-state index in [1.165, 1.54) is 0 Å². The third-order valence-corrected chi connectivity index (χ3v) is 3.09. The molecule has 5 heteroatoms. The van der Waals surface area contributed by atoms with E-state index in [9.17, 15) is 9.00 Å². The van der Waals surface area contributed by atoms with Gasteiger partial charge in [-0.2, -0.15) is 0 Å². The number of carbonyl (C=O) groups is 1. The zero-order valence-electron chi connectivity index (χ0n) is 5.99. The molecule has 0 bridgehead atoms. The lowest BCUT2D eigenvalue weighted by molar-refractivity contribution is -0.136. The first-order valence-corrected chi connectivity index (χ1v) is 4.54. The number of rotatable bonds is 3. The molecule has 4 nitrogen and oxygen atoms in total. The second-order valence-electron chi connectivity index (χ2n) is 2.58. The molecule has 0 aromatic rings. The van der Waals surface area contributed by atoms with Crippen molar-refractivity contribution in [3.8, 4) is 0 Å². The molecule has 0 heterocycles. The molecule has 0 amide bonds. The van der Waals surface area contributed by atoms with Crippen LogP contribution >= 0.6 is 0 Å². The fourth-order valence-corrected chi connectivity index (χ4v) is 2.09. The highest BCUT2D eigenvalue weighted by Gasteiger charge is 2.41. The van der Waals surface area contributed by atoms with Crippen LogP contribution in [-0.2, 0) is 20.6 Å². The highest BCUT2D eigenvalue weighted by molar-refractivity contribution is 7.80. The van der Waals surface area contributed by atoms with Gasteiger partial charge in [-0.1, -0.05) is 0 Å². The van der Waals surface area contributed by atoms with Gasteiger partial charge in [-0.05, 0) is 12.8 Å². The lowest BCUT2D eigenvalue weighted by Gasteiger charge is -2.21. The minimum Gasteiger partial charge on any atom is -0.445 e. The third-order valence-electron chi connectivity index (χ3n) is 1.95. The Balaban J connectivity index is 2.69. The van der Waals surface area contributed by atoms with Crippen molar-refractivity contribution >= 4 is 17.6 Å². The minimum atomic E-state index is -2.05. The molecule has 0 aromatic heterocycles. The largest absolute Gasteiger partial charge is 0.445 e. The average molecular weight is 178 g/mol. The van der Waals surface area contributed by atoms with E-state index in [0.717, 1.165) is 12.8 Å². The van der Waals surface area contributed by atoms with E-state index in [-0.39, 0.29) is 6.47 Å². The number of hydrogen-bond acceptors (Lipinski definition) is 3. The van der Waals surface area contributed by atoms with Crippen LogP contribution in [0.5, 0.6) is 0 Å². The molecule has 1 fully saturated rings. The van der Waals surface area contributed by atoms with Gasteiger partial charge in [0.2, 0.25) is 4.93 Å². The first-order valence-electron chi connectivity index (χ1n) is 3.44. The Morgan fingerprint density at radius 1 is 1.45 bits per heavy atom.